The summed E-state index contributed by atoms with van der Waals surface area (Å²) >= 11 is 0.534. The zero-order valence-electron chi connectivity index (χ0n) is 11.5. The molecule has 93 valence electrons. The molecule has 0 heterocycles. The van der Waals surface area contributed by atoms with Gasteiger partial charge in [-0.1, -0.05) is 0 Å². The second-order valence-corrected chi connectivity index (χ2v) is 36.5. The molecule has 0 N–H and O–H groups in total. The Morgan fingerprint density at radius 1 is 0.750 bits per heavy atom. The van der Waals surface area contributed by atoms with Crippen molar-refractivity contribution in [3.05, 3.63) is 0 Å². The summed E-state index contributed by atoms with van der Waals surface area (Å²) in [6.45, 7) is 7.05. The third-order valence-corrected chi connectivity index (χ3v) is 28.6. The van der Waals surface area contributed by atoms with Crippen molar-refractivity contribution in [3.8, 4) is 12.8 Å². The molecule has 0 fully saturated rings. The number of hydrogen-bond acceptors (Lipinski definition) is 0. The second kappa shape index (κ2) is 14.2. The van der Waals surface area contributed by atoms with Gasteiger partial charge in [0.2, 0.25) is 0 Å². The second-order valence-electron chi connectivity index (χ2n) is 4.59. The minimum absolute atomic E-state index is 1.42. The molecule has 0 aliphatic carbocycles. The van der Waals surface area contributed by atoms with Gasteiger partial charge in [0, 0.05) is 0 Å². The average molecular weight is 435 g/mol. The van der Waals surface area contributed by atoms with Crippen molar-refractivity contribution in [1.82, 2.24) is 0 Å². The molecule has 0 saturated heterocycles. The molecule has 0 nitrogen and oxygen atoms in total. The summed E-state index contributed by atoms with van der Waals surface area (Å²) in [5.74, 6) is 0. The van der Waals surface area contributed by atoms with Crippen LogP contribution in [0.1, 0.15) is 59.3 Å². The molecular weight excluding hydrogens is 406 g/mol. The fourth-order valence-electron chi connectivity index (χ4n) is 1.92. The Balaban J connectivity index is 0. The number of terminal acetylenes is 1. The van der Waals surface area contributed by atoms with Gasteiger partial charge in [-0.15, -0.1) is 12.8 Å². The number of rotatable bonds is 9. The van der Waals surface area contributed by atoms with Crippen LogP contribution >= 0.6 is 0 Å². The summed E-state index contributed by atoms with van der Waals surface area (Å²) in [4.78, 5) is 0. The molecule has 0 aromatic rings. The molecular formula is C14H29Sn2. The maximum atomic E-state index is 4.00. The van der Waals surface area contributed by atoms with Crippen LogP contribution in [0.4, 0.5) is 0 Å². The van der Waals surface area contributed by atoms with Gasteiger partial charge in [-0.2, -0.15) is 0 Å². The normalized spacial score (nSPS) is 10.6. The van der Waals surface area contributed by atoms with E-state index in [1.165, 1.54) is 38.5 Å². The van der Waals surface area contributed by atoms with E-state index in [9.17, 15) is 0 Å². The van der Waals surface area contributed by atoms with E-state index < -0.39 is 14.4 Å². The Kier molecular flexibility index (Phi) is 17.3. The van der Waals surface area contributed by atoms with Gasteiger partial charge in [-0.25, -0.2) is 0 Å². The van der Waals surface area contributed by atoms with Gasteiger partial charge < -0.3 is 0 Å². The van der Waals surface area contributed by atoms with Crippen molar-refractivity contribution in [2.75, 3.05) is 0 Å². The molecule has 0 unspecified atom stereocenters. The summed E-state index contributed by atoms with van der Waals surface area (Å²) in [7, 11) is 0. The fourth-order valence-corrected chi connectivity index (χ4v) is 23.0. The van der Waals surface area contributed by atoms with Gasteiger partial charge in [0.05, 0.1) is 0 Å². The third-order valence-electron chi connectivity index (χ3n) is 3.03. The van der Waals surface area contributed by atoms with Crippen LogP contribution in [0.15, 0.2) is 0 Å². The Labute approximate surface area is 117 Å². The molecule has 16 heavy (non-hydrogen) atoms. The molecule has 0 atom stereocenters. The molecule has 0 amide bonds. The first-order valence-corrected chi connectivity index (χ1v) is 23.8. The van der Waals surface area contributed by atoms with Crippen LogP contribution in [0.25, 0.3) is 0 Å². The van der Waals surface area contributed by atoms with E-state index in [2.05, 4.69) is 33.6 Å². The molecule has 3 radical (unpaired) electrons. The van der Waals surface area contributed by atoms with Crippen molar-refractivity contribution >= 4 is 33.0 Å². The van der Waals surface area contributed by atoms with Crippen LogP contribution in [0.3, 0.4) is 0 Å². The van der Waals surface area contributed by atoms with Crippen LogP contribution in [-0.2, 0) is 0 Å². The molecule has 0 saturated carbocycles. The van der Waals surface area contributed by atoms with Crippen molar-refractivity contribution < 1.29 is 0 Å². The van der Waals surface area contributed by atoms with Gasteiger partial charge in [-0.3, -0.25) is 0 Å². The van der Waals surface area contributed by atoms with Crippen molar-refractivity contribution in [2.45, 2.75) is 72.6 Å². The van der Waals surface area contributed by atoms with E-state index >= 15 is 0 Å². The first-order valence-electron chi connectivity index (χ1n) is 6.77. The van der Waals surface area contributed by atoms with E-state index in [-0.39, 0.29) is 0 Å². The maximum absolute atomic E-state index is 4.00. The summed E-state index contributed by atoms with van der Waals surface area (Å²) < 4.78 is 5.09. The van der Waals surface area contributed by atoms with Gasteiger partial charge in [0.15, 0.2) is 0 Å². The molecule has 0 bridgehead atoms. The Bertz CT molecular complexity index is 130. The monoisotopic (exact) mass is 437 g/mol. The molecule has 0 aromatic carbocycles. The molecule has 2 heteroatoms. The molecule has 0 spiro atoms. The minimum atomic E-state index is -1.47. The topological polar surface area (TPSA) is 0 Å². The predicted molar refractivity (Wildman–Crippen MR) is 80.5 cm³/mol. The van der Waals surface area contributed by atoms with Crippen molar-refractivity contribution in [3.63, 3.8) is 0 Å². The summed E-state index contributed by atoms with van der Waals surface area (Å²) in [6, 6.07) is 0. The van der Waals surface area contributed by atoms with Crippen molar-refractivity contribution in [2.24, 2.45) is 0 Å². The van der Waals surface area contributed by atoms with Gasteiger partial charge in [0.25, 0.3) is 0 Å². The molecule has 0 aliphatic heterocycles. The van der Waals surface area contributed by atoms with E-state index in [4.69, 9.17) is 0 Å². The fraction of sp³-hybridized carbons (Fsp3) is 0.857. The van der Waals surface area contributed by atoms with E-state index in [1.807, 2.05) is 18.6 Å². The van der Waals surface area contributed by atoms with Crippen LogP contribution in [0, 0.1) is 12.8 Å². The molecule has 0 rings (SSSR count). The van der Waals surface area contributed by atoms with E-state index in [0.717, 1.165) is 0 Å². The summed E-state index contributed by atoms with van der Waals surface area (Å²) in [5.41, 5.74) is 0. The van der Waals surface area contributed by atoms with Gasteiger partial charge in [0.1, 0.15) is 0 Å². The standard InChI is InChI=1S/3C4H9.C2H2.2Sn/c3*1-3-4-2;1-2;;/h3*1,3-4H2,2H3;1-2H;;. The average Bonchev–Trinajstić information content (AvgIpc) is 2.34. The zero-order valence-corrected chi connectivity index (χ0v) is 17.2. The summed E-state index contributed by atoms with van der Waals surface area (Å²) in [6.07, 6.45) is 16.9. The van der Waals surface area contributed by atoms with Crippen LogP contribution in [0.2, 0.25) is 13.3 Å². The predicted octanol–water partition coefficient (Wildman–Crippen LogP) is 4.75. The van der Waals surface area contributed by atoms with E-state index in [1.54, 1.807) is 13.3 Å². The Hall–Kier alpha value is 1.16. The zero-order chi connectivity index (χ0) is 12.9. The molecule has 0 aliphatic rings. The Morgan fingerprint density at radius 3 is 1.19 bits per heavy atom. The van der Waals surface area contributed by atoms with Gasteiger partial charge in [-0.05, 0) is 0 Å². The Morgan fingerprint density at radius 2 is 1.00 bits per heavy atom. The van der Waals surface area contributed by atoms with Crippen LogP contribution in [-0.4, -0.2) is 33.0 Å². The SMILES string of the molecule is C#C.CCC[CH2][Sn]([Sn])([CH2]CCC)[CH2]CCC. The third kappa shape index (κ3) is 11.6. The van der Waals surface area contributed by atoms with Crippen molar-refractivity contribution in [1.29, 1.82) is 0 Å². The first kappa shape index (κ1) is 19.5. The van der Waals surface area contributed by atoms with Gasteiger partial charge >= 0.3 is 106 Å². The molecule has 0 aromatic heterocycles. The van der Waals surface area contributed by atoms with Crippen LogP contribution in [0.5, 0.6) is 0 Å². The van der Waals surface area contributed by atoms with Crippen LogP contribution < -0.4 is 0 Å². The first-order chi connectivity index (χ1) is 7.68. The number of unbranched alkanes of at least 4 members (excludes halogenated alkanes) is 3. The summed E-state index contributed by atoms with van der Waals surface area (Å²) in [5, 5.41) is 0. The van der Waals surface area contributed by atoms with E-state index in [0.29, 0.717) is 0 Å². The number of hydrogen-bond donors (Lipinski definition) is 0. The quantitative estimate of drug-likeness (QED) is 0.363.